The van der Waals surface area contributed by atoms with Gasteiger partial charge < -0.3 is 0 Å². The molecule has 68 valence electrons. The summed E-state index contributed by atoms with van der Waals surface area (Å²) in [6.45, 7) is 7.67. The van der Waals surface area contributed by atoms with Crippen LogP contribution in [0.25, 0.3) is 5.70 Å². The fourth-order valence-corrected chi connectivity index (χ4v) is 1.13. The molecule has 0 aromatic carbocycles. The monoisotopic (exact) mass is 174 g/mol. The van der Waals surface area contributed by atoms with Crippen LogP contribution in [-0.4, -0.2) is 9.78 Å². The molecule has 0 spiro atoms. The van der Waals surface area contributed by atoms with Crippen molar-refractivity contribution in [1.29, 1.82) is 0 Å². The quantitative estimate of drug-likeness (QED) is 0.644. The number of nitrogens with zero attached hydrogens (tertiary/aromatic N) is 2. The van der Waals surface area contributed by atoms with Crippen molar-refractivity contribution >= 4 is 5.70 Å². The number of aromatic nitrogens is 2. The van der Waals surface area contributed by atoms with Crippen molar-refractivity contribution in [3.05, 3.63) is 48.8 Å². The van der Waals surface area contributed by atoms with E-state index in [-0.39, 0.29) is 0 Å². The first kappa shape index (κ1) is 9.52. The van der Waals surface area contributed by atoms with Crippen molar-refractivity contribution in [3.8, 4) is 0 Å². The molecule has 13 heavy (non-hydrogen) atoms. The summed E-state index contributed by atoms with van der Waals surface area (Å²) >= 11 is 0. The molecule has 0 aliphatic carbocycles. The van der Waals surface area contributed by atoms with Gasteiger partial charge in [0.25, 0.3) is 0 Å². The Hall–Kier alpha value is -1.57. The SMILES string of the molecule is C=C/C=C(\C=C/C)n1nccc1C. The second-order valence-corrected chi connectivity index (χ2v) is 2.71. The van der Waals surface area contributed by atoms with Crippen LogP contribution in [0.1, 0.15) is 12.6 Å². The van der Waals surface area contributed by atoms with E-state index in [4.69, 9.17) is 0 Å². The van der Waals surface area contributed by atoms with E-state index in [1.165, 1.54) is 0 Å². The van der Waals surface area contributed by atoms with Crippen LogP contribution in [0.5, 0.6) is 0 Å². The smallest absolute Gasteiger partial charge is 0.0645 e. The Bertz CT molecular complexity index is 343. The highest BCUT2D eigenvalue weighted by molar-refractivity contribution is 5.58. The molecule has 1 rings (SSSR count). The minimum Gasteiger partial charge on any atom is -0.238 e. The summed E-state index contributed by atoms with van der Waals surface area (Å²) in [4.78, 5) is 0. The van der Waals surface area contributed by atoms with Gasteiger partial charge in [-0.15, -0.1) is 0 Å². The molecule has 0 aliphatic heterocycles. The number of rotatable bonds is 3. The van der Waals surface area contributed by atoms with Crippen LogP contribution in [0.2, 0.25) is 0 Å². The summed E-state index contributed by atoms with van der Waals surface area (Å²) in [7, 11) is 0. The summed E-state index contributed by atoms with van der Waals surface area (Å²) < 4.78 is 1.88. The van der Waals surface area contributed by atoms with Gasteiger partial charge in [-0.3, -0.25) is 0 Å². The van der Waals surface area contributed by atoms with Crippen molar-refractivity contribution in [3.63, 3.8) is 0 Å². The summed E-state index contributed by atoms with van der Waals surface area (Å²) in [5.41, 5.74) is 2.14. The number of hydrogen-bond acceptors (Lipinski definition) is 1. The fraction of sp³-hybridized carbons (Fsp3) is 0.182. The van der Waals surface area contributed by atoms with Gasteiger partial charge in [0.05, 0.1) is 5.70 Å². The van der Waals surface area contributed by atoms with E-state index >= 15 is 0 Å². The second kappa shape index (κ2) is 4.45. The summed E-state index contributed by atoms with van der Waals surface area (Å²) in [5.74, 6) is 0. The van der Waals surface area contributed by atoms with E-state index in [0.29, 0.717) is 0 Å². The van der Waals surface area contributed by atoms with Gasteiger partial charge in [-0.1, -0.05) is 18.7 Å². The number of allylic oxidation sites excluding steroid dienone is 5. The van der Waals surface area contributed by atoms with Gasteiger partial charge in [-0.25, -0.2) is 4.68 Å². The molecule has 1 aromatic rings. The van der Waals surface area contributed by atoms with Crippen molar-refractivity contribution in [2.24, 2.45) is 0 Å². The molecule has 0 fully saturated rings. The molecule has 0 N–H and O–H groups in total. The largest absolute Gasteiger partial charge is 0.238 e. The van der Waals surface area contributed by atoms with Crippen LogP contribution in [0.3, 0.4) is 0 Å². The third kappa shape index (κ3) is 2.18. The molecule has 0 bridgehead atoms. The van der Waals surface area contributed by atoms with E-state index in [2.05, 4.69) is 11.7 Å². The molecule has 0 unspecified atom stereocenters. The van der Waals surface area contributed by atoms with E-state index in [1.54, 1.807) is 12.3 Å². The van der Waals surface area contributed by atoms with Gasteiger partial charge in [-0.05, 0) is 32.1 Å². The van der Waals surface area contributed by atoms with Crippen molar-refractivity contribution in [2.75, 3.05) is 0 Å². The molecule has 0 atom stereocenters. The van der Waals surface area contributed by atoms with E-state index in [0.717, 1.165) is 11.4 Å². The maximum atomic E-state index is 4.20. The van der Waals surface area contributed by atoms with Gasteiger partial charge >= 0.3 is 0 Å². The first-order chi connectivity index (χ1) is 6.29. The Morgan fingerprint density at radius 3 is 2.85 bits per heavy atom. The zero-order chi connectivity index (χ0) is 9.68. The molecule has 1 heterocycles. The standard InChI is InChI=1S/C11H14N2/c1-4-6-11(7-5-2)13-10(3)8-9-12-13/h4-9H,1H2,2-3H3/b7-5-,11-6+. The van der Waals surface area contributed by atoms with Gasteiger partial charge in [0.2, 0.25) is 0 Å². The van der Waals surface area contributed by atoms with Gasteiger partial charge in [0.15, 0.2) is 0 Å². The molecule has 0 saturated heterocycles. The third-order valence-corrected chi connectivity index (χ3v) is 1.70. The average Bonchev–Trinajstić information content (AvgIpc) is 2.51. The molecule has 1 aromatic heterocycles. The van der Waals surface area contributed by atoms with E-state index in [1.807, 2.05) is 42.8 Å². The van der Waals surface area contributed by atoms with E-state index < -0.39 is 0 Å². The summed E-state index contributed by atoms with van der Waals surface area (Å²) in [5, 5.41) is 4.20. The molecular weight excluding hydrogens is 160 g/mol. The number of aryl methyl sites for hydroxylation is 1. The van der Waals surface area contributed by atoms with Crippen LogP contribution in [0, 0.1) is 6.92 Å². The van der Waals surface area contributed by atoms with Gasteiger partial charge in [-0.2, -0.15) is 5.10 Å². The van der Waals surface area contributed by atoms with Crippen molar-refractivity contribution in [2.45, 2.75) is 13.8 Å². The zero-order valence-corrected chi connectivity index (χ0v) is 8.07. The maximum absolute atomic E-state index is 4.20. The van der Waals surface area contributed by atoms with E-state index in [9.17, 15) is 0 Å². The molecule has 0 radical (unpaired) electrons. The lowest BCUT2D eigenvalue weighted by Gasteiger charge is -2.03. The first-order valence-electron chi connectivity index (χ1n) is 4.26. The lowest BCUT2D eigenvalue weighted by atomic mass is 10.3. The maximum Gasteiger partial charge on any atom is 0.0645 e. The van der Waals surface area contributed by atoms with Crippen LogP contribution in [0.4, 0.5) is 0 Å². The Balaban J connectivity index is 3.09. The second-order valence-electron chi connectivity index (χ2n) is 2.71. The third-order valence-electron chi connectivity index (χ3n) is 1.70. The van der Waals surface area contributed by atoms with Gasteiger partial charge in [0.1, 0.15) is 0 Å². The lowest BCUT2D eigenvalue weighted by Crippen LogP contribution is -1.98. The van der Waals surface area contributed by atoms with Crippen molar-refractivity contribution in [1.82, 2.24) is 9.78 Å². The highest BCUT2D eigenvalue weighted by atomic mass is 15.3. The van der Waals surface area contributed by atoms with Crippen LogP contribution < -0.4 is 0 Å². The molecule has 2 heteroatoms. The first-order valence-corrected chi connectivity index (χ1v) is 4.26. The minimum atomic E-state index is 1.03. The molecule has 0 aliphatic rings. The summed E-state index contributed by atoms with van der Waals surface area (Å²) in [6.07, 6.45) is 9.46. The molecule has 0 amide bonds. The lowest BCUT2D eigenvalue weighted by molar-refractivity contribution is 0.874. The van der Waals surface area contributed by atoms with Crippen LogP contribution in [-0.2, 0) is 0 Å². The van der Waals surface area contributed by atoms with Crippen molar-refractivity contribution < 1.29 is 0 Å². The normalized spacial score (nSPS) is 12.3. The number of hydrogen-bond donors (Lipinski definition) is 0. The average molecular weight is 174 g/mol. The predicted molar refractivity (Wildman–Crippen MR) is 56.2 cm³/mol. The molecule has 2 nitrogen and oxygen atoms in total. The Morgan fingerprint density at radius 2 is 2.38 bits per heavy atom. The Morgan fingerprint density at radius 1 is 1.62 bits per heavy atom. The fourth-order valence-electron chi connectivity index (χ4n) is 1.13. The predicted octanol–water partition coefficient (Wildman–Crippen LogP) is 2.79. The Labute approximate surface area is 78.9 Å². The highest BCUT2D eigenvalue weighted by Gasteiger charge is 1.98. The Kier molecular flexibility index (Phi) is 3.26. The van der Waals surface area contributed by atoms with Crippen LogP contribution >= 0.6 is 0 Å². The molecule has 0 saturated carbocycles. The topological polar surface area (TPSA) is 17.8 Å². The highest BCUT2D eigenvalue weighted by Crippen LogP contribution is 2.08. The van der Waals surface area contributed by atoms with Crippen LogP contribution in [0.15, 0.2) is 43.1 Å². The zero-order valence-electron chi connectivity index (χ0n) is 8.07. The minimum absolute atomic E-state index is 1.03. The summed E-state index contributed by atoms with van der Waals surface area (Å²) in [6, 6.07) is 1.97. The van der Waals surface area contributed by atoms with Gasteiger partial charge in [0, 0.05) is 11.9 Å². The molecular formula is C11H14N2.